The summed E-state index contributed by atoms with van der Waals surface area (Å²) >= 11 is 0. The molecule has 0 heteroatoms. The Labute approximate surface area is 71.0 Å². The van der Waals surface area contributed by atoms with Crippen LogP contribution >= 0.6 is 0 Å². The molecule has 0 aromatic heterocycles. The van der Waals surface area contributed by atoms with Crippen LogP contribution in [-0.4, -0.2) is 0 Å². The van der Waals surface area contributed by atoms with E-state index in [2.05, 4.69) is 39.0 Å². The van der Waals surface area contributed by atoms with Gasteiger partial charge in [-0.3, -0.25) is 0 Å². The van der Waals surface area contributed by atoms with Gasteiger partial charge in [-0.15, -0.1) is 0 Å². The predicted octanol–water partition coefficient (Wildman–Crippen LogP) is 3.89. The lowest BCUT2D eigenvalue weighted by Gasteiger charge is -1.89. The van der Waals surface area contributed by atoms with Crippen molar-refractivity contribution in [2.24, 2.45) is 0 Å². The Morgan fingerprint density at radius 3 is 2.64 bits per heavy atom. The number of unbranched alkanes of at least 4 members (excludes halogenated alkanes) is 2. The fourth-order valence-corrected chi connectivity index (χ4v) is 0.904. The molecular formula is C11H19. The maximum atomic E-state index is 3.25. The van der Waals surface area contributed by atoms with Crippen LogP contribution in [0.15, 0.2) is 17.7 Å². The fraction of sp³-hybridized carbons (Fsp3) is 0.636. The molecule has 0 amide bonds. The summed E-state index contributed by atoms with van der Waals surface area (Å²) in [5, 5.41) is 0. The van der Waals surface area contributed by atoms with Crippen molar-refractivity contribution in [3.8, 4) is 0 Å². The topological polar surface area (TPSA) is 0 Å². The first-order chi connectivity index (χ1) is 5.31. The minimum Gasteiger partial charge on any atom is -0.0813 e. The first-order valence-electron chi connectivity index (χ1n) is 4.56. The predicted molar refractivity (Wildman–Crippen MR) is 51.4 cm³/mol. The molecule has 0 bridgehead atoms. The van der Waals surface area contributed by atoms with Gasteiger partial charge in [-0.2, -0.15) is 0 Å². The molecule has 0 aromatic rings. The summed E-state index contributed by atoms with van der Waals surface area (Å²) in [4.78, 5) is 0. The molecule has 0 atom stereocenters. The van der Waals surface area contributed by atoms with Gasteiger partial charge in [0.15, 0.2) is 0 Å². The Morgan fingerprint density at radius 2 is 2.09 bits per heavy atom. The number of rotatable bonds is 5. The highest BCUT2D eigenvalue weighted by atomic mass is 13.9. The third-order valence-corrected chi connectivity index (χ3v) is 1.54. The van der Waals surface area contributed by atoms with E-state index in [4.69, 9.17) is 0 Å². The van der Waals surface area contributed by atoms with E-state index in [9.17, 15) is 0 Å². The minimum atomic E-state index is 1.11. The lowest BCUT2D eigenvalue weighted by molar-refractivity contribution is 0.813. The van der Waals surface area contributed by atoms with Crippen LogP contribution in [0, 0.1) is 6.08 Å². The minimum absolute atomic E-state index is 1.11. The van der Waals surface area contributed by atoms with Crippen LogP contribution in [0.2, 0.25) is 0 Å². The Bertz CT molecular complexity index is 129. The molecule has 1 radical (unpaired) electrons. The molecule has 0 heterocycles. The van der Waals surface area contributed by atoms with Crippen LogP contribution < -0.4 is 0 Å². The zero-order valence-corrected chi connectivity index (χ0v) is 7.98. The number of hydrogen-bond acceptors (Lipinski definition) is 0. The van der Waals surface area contributed by atoms with E-state index >= 15 is 0 Å². The van der Waals surface area contributed by atoms with Crippen LogP contribution in [-0.2, 0) is 0 Å². The van der Waals surface area contributed by atoms with Crippen molar-refractivity contribution in [2.75, 3.05) is 0 Å². The molecule has 0 nitrogen and oxygen atoms in total. The van der Waals surface area contributed by atoms with Crippen molar-refractivity contribution in [2.45, 2.75) is 46.5 Å². The van der Waals surface area contributed by atoms with Crippen molar-refractivity contribution in [3.63, 3.8) is 0 Å². The van der Waals surface area contributed by atoms with Gasteiger partial charge in [0.1, 0.15) is 0 Å². The molecule has 11 heavy (non-hydrogen) atoms. The molecule has 0 saturated carbocycles. The smallest absolute Gasteiger partial charge is 0.0199 e. The zero-order chi connectivity index (χ0) is 8.53. The van der Waals surface area contributed by atoms with Crippen molar-refractivity contribution in [1.29, 1.82) is 0 Å². The lowest BCUT2D eigenvalue weighted by Crippen LogP contribution is -1.71. The average Bonchev–Trinajstić information content (AvgIpc) is 1.99. The van der Waals surface area contributed by atoms with E-state index in [1.807, 2.05) is 0 Å². The number of hydrogen-bond donors (Lipinski definition) is 0. The monoisotopic (exact) mass is 151 g/mol. The third kappa shape index (κ3) is 7.38. The van der Waals surface area contributed by atoms with E-state index in [0.717, 1.165) is 6.42 Å². The second kappa shape index (κ2) is 7.59. The van der Waals surface area contributed by atoms with Crippen LogP contribution in [0.25, 0.3) is 0 Å². The molecular weight excluding hydrogens is 132 g/mol. The fourth-order valence-electron chi connectivity index (χ4n) is 0.904. The summed E-state index contributed by atoms with van der Waals surface area (Å²) in [6.45, 7) is 6.46. The summed E-state index contributed by atoms with van der Waals surface area (Å²) in [5.74, 6) is 0. The first kappa shape index (κ1) is 10.5. The standard InChI is InChI=1S/C11H19/c1-4-6-7-8-10-11(3)9-5-2/h8-9H,4-7H2,1-3H3/b10-8?,11-9+. The maximum absolute atomic E-state index is 3.25. The maximum Gasteiger partial charge on any atom is -0.0199 e. The van der Waals surface area contributed by atoms with Crippen LogP contribution in [0.3, 0.4) is 0 Å². The summed E-state index contributed by atoms with van der Waals surface area (Å²) in [6, 6.07) is 0. The molecule has 0 spiro atoms. The van der Waals surface area contributed by atoms with Gasteiger partial charge >= 0.3 is 0 Å². The molecule has 0 N–H and O–H groups in total. The van der Waals surface area contributed by atoms with E-state index in [1.165, 1.54) is 24.8 Å². The van der Waals surface area contributed by atoms with E-state index in [1.54, 1.807) is 0 Å². The third-order valence-electron chi connectivity index (χ3n) is 1.54. The van der Waals surface area contributed by atoms with E-state index < -0.39 is 0 Å². The van der Waals surface area contributed by atoms with Gasteiger partial charge in [0.05, 0.1) is 0 Å². The van der Waals surface area contributed by atoms with Crippen molar-refractivity contribution in [3.05, 3.63) is 23.8 Å². The van der Waals surface area contributed by atoms with Crippen LogP contribution in [0.4, 0.5) is 0 Å². The zero-order valence-electron chi connectivity index (χ0n) is 7.98. The highest BCUT2D eigenvalue weighted by molar-refractivity contribution is 5.08. The normalized spacial score (nSPS) is 12.8. The second-order valence-electron chi connectivity index (χ2n) is 2.79. The molecule has 0 saturated heterocycles. The van der Waals surface area contributed by atoms with Crippen molar-refractivity contribution >= 4 is 0 Å². The van der Waals surface area contributed by atoms with E-state index in [-0.39, 0.29) is 0 Å². The molecule has 63 valence electrons. The second-order valence-corrected chi connectivity index (χ2v) is 2.79. The molecule has 0 aromatic carbocycles. The van der Waals surface area contributed by atoms with E-state index in [0.29, 0.717) is 0 Å². The quantitative estimate of drug-likeness (QED) is 0.413. The molecule has 0 fully saturated rings. The van der Waals surface area contributed by atoms with Gasteiger partial charge in [-0.1, -0.05) is 38.8 Å². The lowest BCUT2D eigenvalue weighted by atomic mass is 10.2. The van der Waals surface area contributed by atoms with Gasteiger partial charge in [0.2, 0.25) is 0 Å². The van der Waals surface area contributed by atoms with Gasteiger partial charge in [0.25, 0.3) is 0 Å². The largest absolute Gasteiger partial charge is 0.0813 e. The molecule has 0 aliphatic carbocycles. The summed E-state index contributed by atoms with van der Waals surface area (Å²) in [7, 11) is 0. The SMILES string of the molecule is CC/C=C(C)/[C]=C/CCCC. The van der Waals surface area contributed by atoms with Crippen LogP contribution in [0.1, 0.15) is 46.5 Å². The summed E-state index contributed by atoms with van der Waals surface area (Å²) < 4.78 is 0. The Kier molecular flexibility index (Phi) is 7.23. The van der Waals surface area contributed by atoms with Crippen molar-refractivity contribution in [1.82, 2.24) is 0 Å². The molecule has 0 unspecified atom stereocenters. The Hall–Kier alpha value is -0.520. The van der Waals surface area contributed by atoms with Gasteiger partial charge in [0, 0.05) is 0 Å². The summed E-state index contributed by atoms with van der Waals surface area (Å²) in [5.41, 5.74) is 1.27. The van der Waals surface area contributed by atoms with Crippen molar-refractivity contribution < 1.29 is 0 Å². The van der Waals surface area contributed by atoms with Crippen LogP contribution in [0.5, 0.6) is 0 Å². The summed E-state index contributed by atoms with van der Waals surface area (Å²) in [6.07, 6.45) is 12.4. The Morgan fingerprint density at radius 1 is 1.36 bits per heavy atom. The average molecular weight is 151 g/mol. The van der Waals surface area contributed by atoms with Gasteiger partial charge < -0.3 is 0 Å². The molecule has 0 aliphatic heterocycles. The highest BCUT2D eigenvalue weighted by Gasteiger charge is 1.80. The first-order valence-corrected chi connectivity index (χ1v) is 4.56. The molecule has 0 rings (SSSR count). The Balaban J connectivity index is 3.48. The van der Waals surface area contributed by atoms with Gasteiger partial charge in [-0.05, 0) is 31.4 Å². The molecule has 0 aliphatic rings. The van der Waals surface area contributed by atoms with Gasteiger partial charge in [-0.25, -0.2) is 0 Å². The number of allylic oxidation sites excluding steroid dienone is 4. The highest BCUT2D eigenvalue weighted by Crippen LogP contribution is 1.99.